The van der Waals surface area contributed by atoms with Crippen molar-refractivity contribution in [3.05, 3.63) is 105 Å². The molecule has 0 saturated heterocycles. The van der Waals surface area contributed by atoms with Crippen LogP contribution in [0.3, 0.4) is 0 Å². The summed E-state index contributed by atoms with van der Waals surface area (Å²) in [6, 6.07) is 18.1. The number of aryl methyl sites for hydroxylation is 1. The molecule has 0 saturated carbocycles. The third-order valence-corrected chi connectivity index (χ3v) is 5.28. The van der Waals surface area contributed by atoms with Crippen molar-refractivity contribution in [1.29, 1.82) is 0 Å². The van der Waals surface area contributed by atoms with Crippen molar-refractivity contribution in [3.8, 4) is 0 Å². The SMILES string of the molecule is Cc1cccc(NC(=O)C(Cc2cccc([N+](=O)[O-])c2)N2C(=O)c3ccccc3C2=O)c1. The minimum Gasteiger partial charge on any atom is -0.324 e. The highest BCUT2D eigenvalue weighted by Crippen LogP contribution is 2.27. The van der Waals surface area contributed by atoms with Crippen molar-refractivity contribution >= 4 is 29.1 Å². The molecule has 0 radical (unpaired) electrons. The van der Waals surface area contributed by atoms with E-state index in [0.29, 0.717) is 11.3 Å². The number of hydrogen-bond donors (Lipinski definition) is 1. The Morgan fingerprint density at radius 3 is 2.25 bits per heavy atom. The fraction of sp³-hybridized carbons (Fsp3) is 0.125. The van der Waals surface area contributed by atoms with Gasteiger partial charge in [-0.25, -0.2) is 0 Å². The summed E-state index contributed by atoms with van der Waals surface area (Å²) in [6.45, 7) is 1.88. The maximum Gasteiger partial charge on any atom is 0.269 e. The summed E-state index contributed by atoms with van der Waals surface area (Å²) >= 11 is 0. The van der Waals surface area contributed by atoms with Crippen LogP contribution >= 0.6 is 0 Å². The standard InChI is InChI=1S/C24H19N3O5/c1-15-6-4-8-17(12-15)25-22(28)21(14-16-7-5-9-18(13-16)27(31)32)26-23(29)19-10-2-3-11-20(19)24(26)30/h2-13,21H,14H2,1H3,(H,25,28). The Morgan fingerprint density at radius 2 is 1.62 bits per heavy atom. The van der Waals surface area contributed by atoms with Gasteiger partial charge in [-0.1, -0.05) is 36.4 Å². The van der Waals surface area contributed by atoms with Crippen LogP contribution in [0.15, 0.2) is 72.8 Å². The molecule has 0 bridgehead atoms. The van der Waals surface area contributed by atoms with Gasteiger partial charge in [-0.2, -0.15) is 0 Å². The van der Waals surface area contributed by atoms with Gasteiger partial charge in [0, 0.05) is 24.2 Å². The van der Waals surface area contributed by atoms with E-state index in [4.69, 9.17) is 0 Å². The van der Waals surface area contributed by atoms with Crippen LogP contribution in [0.1, 0.15) is 31.8 Å². The van der Waals surface area contributed by atoms with E-state index >= 15 is 0 Å². The van der Waals surface area contributed by atoms with Gasteiger partial charge in [-0.05, 0) is 42.3 Å². The molecule has 3 aromatic carbocycles. The molecule has 8 heteroatoms. The Morgan fingerprint density at radius 1 is 0.969 bits per heavy atom. The number of nitro benzene ring substituents is 1. The first kappa shape index (κ1) is 20.9. The molecule has 0 fully saturated rings. The van der Waals surface area contributed by atoms with Crippen molar-refractivity contribution in [2.24, 2.45) is 0 Å². The minimum absolute atomic E-state index is 0.0647. The summed E-state index contributed by atoms with van der Waals surface area (Å²) in [4.78, 5) is 50.9. The lowest BCUT2D eigenvalue weighted by atomic mass is 10.0. The molecule has 1 unspecified atom stereocenters. The van der Waals surface area contributed by atoms with Crippen LogP contribution in [0.2, 0.25) is 0 Å². The molecule has 160 valence electrons. The lowest BCUT2D eigenvalue weighted by molar-refractivity contribution is -0.384. The number of nitrogens with zero attached hydrogens (tertiary/aromatic N) is 2. The Balaban J connectivity index is 1.71. The van der Waals surface area contributed by atoms with Gasteiger partial charge >= 0.3 is 0 Å². The summed E-state index contributed by atoms with van der Waals surface area (Å²) in [6.07, 6.45) is -0.0647. The Bertz CT molecular complexity index is 1220. The second-order valence-corrected chi connectivity index (χ2v) is 7.53. The number of hydrogen-bond acceptors (Lipinski definition) is 5. The van der Waals surface area contributed by atoms with Crippen molar-refractivity contribution in [2.75, 3.05) is 5.32 Å². The molecule has 3 amide bonds. The van der Waals surface area contributed by atoms with E-state index in [1.165, 1.54) is 18.2 Å². The molecule has 0 spiro atoms. The average Bonchev–Trinajstić information content (AvgIpc) is 3.02. The minimum atomic E-state index is -1.19. The Hall–Kier alpha value is -4.33. The largest absolute Gasteiger partial charge is 0.324 e. The maximum atomic E-state index is 13.3. The smallest absolute Gasteiger partial charge is 0.269 e. The summed E-state index contributed by atoms with van der Waals surface area (Å²) in [5.41, 5.74) is 2.23. The highest BCUT2D eigenvalue weighted by molar-refractivity contribution is 6.23. The normalized spacial score (nSPS) is 13.6. The number of fused-ring (bicyclic) bond motifs is 1. The summed E-state index contributed by atoms with van der Waals surface area (Å²) in [7, 11) is 0. The van der Waals surface area contributed by atoms with Gasteiger partial charge < -0.3 is 5.32 Å². The van der Waals surface area contributed by atoms with Gasteiger partial charge in [0.05, 0.1) is 16.1 Å². The first-order valence-corrected chi connectivity index (χ1v) is 9.93. The van der Waals surface area contributed by atoms with Gasteiger partial charge in [0.25, 0.3) is 17.5 Å². The number of carbonyl (C=O) groups excluding carboxylic acids is 3. The van der Waals surface area contributed by atoms with Gasteiger partial charge in [-0.3, -0.25) is 29.4 Å². The number of nitro groups is 1. The quantitative estimate of drug-likeness (QED) is 0.365. The fourth-order valence-corrected chi connectivity index (χ4v) is 3.76. The predicted molar refractivity (Wildman–Crippen MR) is 117 cm³/mol. The van der Waals surface area contributed by atoms with Crippen LogP contribution in [0.4, 0.5) is 11.4 Å². The third kappa shape index (κ3) is 3.98. The number of nitrogens with one attached hydrogen (secondary N) is 1. The molecule has 1 heterocycles. The van der Waals surface area contributed by atoms with Crippen molar-refractivity contribution < 1.29 is 19.3 Å². The predicted octanol–water partition coefficient (Wildman–Crippen LogP) is 3.75. The average molecular weight is 429 g/mol. The van der Waals surface area contributed by atoms with Crippen molar-refractivity contribution in [2.45, 2.75) is 19.4 Å². The number of anilines is 1. The molecule has 0 aliphatic carbocycles. The van der Waals surface area contributed by atoms with E-state index in [2.05, 4.69) is 5.32 Å². The van der Waals surface area contributed by atoms with Crippen LogP contribution < -0.4 is 5.32 Å². The monoisotopic (exact) mass is 429 g/mol. The molecule has 3 aromatic rings. The van der Waals surface area contributed by atoms with Crippen LogP contribution in [-0.4, -0.2) is 33.6 Å². The van der Waals surface area contributed by atoms with E-state index in [0.717, 1.165) is 10.5 Å². The number of rotatable bonds is 6. The molecular formula is C24H19N3O5. The van der Waals surface area contributed by atoms with Gasteiger partial charge in [-0.15, -0.1) is 0 Å². The molecule has 0 aromatic heterocycles. The zero-order chi connectivity index (χ0) is 22.8. The molecule has 8 nitrogen and oxygen atoms in total. The molecule has 1 aliphatic rings. The lowest BCUT2D eigenvalue weighted by Crippen LogP contribution is -2.48. The topological polar surface area (TPSA) is 110 Å². The number of benzene rings is 3. The van der Waals surface area contributed by atoms with E-state index in [9.17, 15) is 24.5 Å². The second kappa shape index (κ2) is 8.43. The van der Waals surface area contributed by atoms with E-state index < -0.39 is 28.7 Å². The van der Waals surface area contributed by atoms with E-state index in [1.54, 1.807) is 48.5 Å². The number of non-ortho nitro benzene ring substituents is 1. The molecule has 1 aliphatic heterocycles. The third-order valence-electron chi connectivity index (χ3n) is 5.28. The highest BCUT2D eigenvalue weighted by Gasteiger charge is 2.42. The van der Waals surface area contributed by atoms with E-state index in [1.807, 2.05) is 13.0 Å². The number of amides is 3. The maximum absolute atomic E-state index is 13.3. The van der Waals surface area contributed by atoms with Crippen molar-refractivity contribution in [1.82, 2.24) is 4.90 Å². The second-order valence-electron chi connectivity index (χ2n) is 7.53. The highest BCUT2D eigenvalue weighted by atomic mass is 16.6. The molecular weight excluding hydrogens is 410 g/mol. The zero-order valence-electron chi connectivity index (χ0n) is 17.1. The van der Waals surface area contributed by atoms with Gasteiger partial charge in [0.1, 0.15) is 6.04 Å². The Labute approximate surface area is 183 Å². The molecule has 32 heavy (non-hydrogen) atoms. The van der Waals surface area contributed by atoms with Gasteiger partial charge in [0.15, 0.2) is 0 Å². The van der Waals surface area contributed by atoms with Crippen LogP contribution in [0, 0.1) is 17.0 Å². The summed E-state index contributed by atoms with van der Waals surface area (Å²) in [5, 5.41) is 13.9. The number of carbonyl (C=O) groups is 3. The first-order valence-electron chi connectivity index (χ1n) is 9.93. The van der Waals surface area contributed by atoms with Crippen LogP contribution in [0.25, 0.3) is 0 Å². The van der Waals surface area contributed by atoms with E-state index in [-0.39, 0.29) is 23.2 Å². The lowest BCUT2D eigenvalue weighted by Gasteiger charge is -2.25. The first-order chi connectivity index (χ1) is 15.3. The molecule has 1 atom stereocenters. The fourth-order valence-electron chi connectivity index (χ4n) is 3.76. The van der Waals surface area contributed by atoms with Crippen molar-refractivity contribution in [3.63, 3.8) is 0 Å². The molecule has 4 rings (SSSR count). The summed E-state index contributed by atoms with van der Waals surface area (Å²) < 4.78 is 0. The van der Waals surface area contributed by atoms with Crippen LogP contribution in [-0.2, 0) is 11.2 Å². The van der Waals surface area contributed by atoms with Crippen LogP contribution in [0.5, 0.6) is 0 Å². The molecule has 1 N–H and O–H groups in total. The number of imide groups is 1. The zero-order valence-corrected chi connectivity index (χ0v) is 17.1. The van der Waals surface area contributed by atoms with Gasteiger partial charge in [0.2, 0.25) is 5.91 Å². The summed E-state index contributed by atoms with van der Waals surface area (Å²) in [5.74, 6) is -1.70. The Kier molecular flexibility index (Phi) is 5.51.